The van der Waals surface area contributed by atoms with Crippen LogP contribution in [-0.4, -0.2) is 54.3 Å². The molecule has 0 fully saturated rings. The maximum atomic E-state index is 11.8. The minimum atomic E-state index is -1.28. The minimum absolute atomic E-state index is 0.222. The van der Waals surface area contributed by atoms with Crippen molar-refractivity contribution in [2.75, 3.05) is 0 Å². The zero-order chi connectivity index (χ0) is 15.8. The first-order chi connectivity index (χ1) is 10.1. The van der Waals surface area contributed by atoms with Crippen LogP contribution in [0, 0.1) is 0 Å². The molecular weight excluding hydrogens is 285 g/mol. The van der Waals surface area contributed by atoms with Crippen LogP contribution >= 0.6 is 0 Å². The van der Waals surface area contributed by atoms with E-state index in [4.69, 9.17) is 0 Å². The molecule has 0 aliphatic carbocycles. The second kappa shape index (κ2) is 7.36. The van der Waals surface area contributed by atoms with Gasteiger partial charge < -0.3 is 0 Å². The standard InChI is InChI=1S/C6B3N6O6/c16-1-10-7-13-4(19)14(8-11-2-17)6(21)15(5(13)20)9-12-3-18. The van der Waals surface area contributed by atoms with Crippen molar-refractivity contribution in [3.05, 3.63) is 31.5 Å². The fourth-order valence-corrected chi connectivity index (χ4v) is 1.13. The summed E-state index contributed by atoms with van der Waals surface area (Å²) in [4.78, 5) is 74.1. The average Bonchev–Trinajstić information content (AvgIpc) is 2.47. The second-order valence-electron chi connectivity index (χ2n) is 2.97. The van der Waals surface area contributed by atoms with Crippen LogP contribution in [0.3, 0.4) is 0 Å². The summed E-state index contributed by atoms with van der Waals surface area (Å²) in [5.74, 6) is 0. The monoisotopic (exact) mass is 285 g/mol. The normalized spacial score (nSPS) is 8.57. The predicted octanol–water partition coefficient (Wildman–Crippen LogP) is -4.67. The molecule has 0 spiro atoms. The lowest BCUT2D eigenvalue weighted by molar-refractivity contribution is 0.565. The van der Waals surface area contributed by atoms with Crippen LogP contribution < -0.4 is 17.1 Å². The van der Waals surface area contributed by atoms with Crippen LogP contribution in [0.25, 0.3) is 0 Å². The van der Waals surface area contributed by atoms with E-state index in [0.717, 1.165) is 18.2 Å². The first-order valence-electron chi connectivity index (χ1n) is 4.79. The number of carbonyl (C=O) groups excluding carboxylic acids is 3. The summed E-state index contributed by atoms with van der Waals surface area (Å²) in [6.45, 7) is 0. The molecule has 0 amide bonds. The molecule has 12 nitrogen and oxygen atoms in total. The fraction of sp³-hybridized carbons (Fsp3) is 0. The van der Waals surface area contributed by atoms with E-state index in [0.29, 0.717) is 22.6 Å². The average molecular weight is 285 g/mol. The van der Waals surface area contributed by atoms with E-state index in [-0.39, 0.29) is 13.4 Å². The van der Waals surface area contributed by atoms with Crippen molar-refractivity contribution in [1.29, 1.82) is 0 Å². The van der Waals surface area contributed by atoms with Gasteiger partial charge in [-0.2, -0.15) is 0 Å². The van der Waals surface area contributed by atoms with E-state index in [1.807, 2.05) is 0 Å². The van der Waals surface area contributed by atoms with Crippen LogP contribution in [-0.2, 0) is 14.4 Å². The highest BCUT2D eigenvalue weighted by Gasteiger charge is 2.17. The van der Waals surface area contributed by atoms with E-state index < -0.39 is 17.1 Å². The van der Waals surface area contributed by atoms with Gasteiger partial charge in [-0.15, -0.1) is 0 Å². The molecule has 1 aromatic heterocycles. The Morgan fingerprint density at radius 3 is 1.05 bits per heavy atom. The largest absolute Gasteiger partial charge is 0.439 e. The van der Waals surface area contributed by atoms with Crippen molar-refractivity contribution in [3.63, 3.8) is 0 Å². The van der Waals surface area contributed by atoms with Gasteiger partial charge in [0, 0.05) is 0 Å². The quantitative estimate of drug-likeness (QED) is 0.290. The zero-order valence-electron chi connectivity index (χ0n) is 9.86. The van der Waals surface area contributed by atoms with Crippen molar-refractivity contribution in [2.45, 2.75) is 0 Å². The smallest absolute Gasteiger partial charge is 0.271 e. The van der Waals surface area contributed by atoms with Crippen molar-refractivity contribution >= 4 is 40.9 Å². The van der Waals surface area contributed by atoms with E-state index in [2.05, 4.69) is 14.7 Å². The number of rotatable bonds is 6. The molecule has 0 saturated carbocycles. The van der Waals surface area contributed by atoms with Gasteiger partial charge in [0.25, 0.3) is 0 Å². The first-order valence-corrected chi connectivity index (χ1v) is 4.79. The number of aromatic nitrogens is 3. The molecule has 0 aliphatic heterocycles. The number of isocyanates is 3. The summed E-state index contributed by atoms with van der Waals surface area (Å²) >= 11 is 0. The van der Waals surface area contributed by atoms with Crippen LogP contribution in [0.5, 0.6) is 0 Å². The van der Waals surface area contributed by atoms with E-state index in [9.17, 15) is 28.8 Å². The highest BCUT2D eigenvalue weighted by Crippen LogP contribution is 1.71. The lowest BCUT2D eigenvalue weighted by Crippen LogP contribution is -2.57. The van der Waals surface area contributed by atoms with Crippen LogP contribution in [0.2, 0.25) is 0 Å². The van der Waals surface area contributed by atoms with Crippen LogP contribution in [0.1, 0.15) is 0 Å². The van der Waals surface area contributed by atoms with Gasteiger partial charge in [0.15, 0.2) is 0 Å². The molecule has 21 heavy (non-hydrogen) atoms. The number of hydrogen-bond acceptors (Lipinski definition) is 9. The first kappa shape index (κ1) is 15.8. The Morgan fingerprint density at radius 1 is 0.619 bits per heavy atom. The third kappa shape index (κ3) is 3.40. The summed E-state index contributed by atoms with van der Waals surface area (Å²) in [7, 11) is 1.42. The molecule has 0 unspecified atom stereocenters. The lowest BCUT2D eigenvalue weighted by atomic mass is 10.1. The molecule has 1 aromatic rings. The number of nitrogens with zero attached hydrogens (tertiary/aromatic N) is 6. The predicted molar refractivity (Wildman–Crippen MR) is 67.0 cm³/mol. The van der Waals surface area contributed by atoms with Gasteiger partial charge in [-0.25, -0.2) is 43.5 Å². The lowest BCUT2D eigenvalue weighted by Gasteiger charge is -2.07. The van der Waals surface area contributed by atoms with Crippen molar-refractivity contribution in [2.24, 2.45) is 14.7 Å². The zero-order valence-corrected chi connectivity index (χ0v) is 9.86. The Balaban J connectivity index is 3.72. The van der Waals surface area contributed by atoms with Gasteiger partial charge in [-0.3, -0.25) is 13.4 Å². The fourth-order valence-electron chi connectivity index (χ4n) is 1.13. The molecule has 1 heterocycles. The molecule has 15 heteroatoms. The van der Waals surface area contributed by atoms with Gasteiger partial charge in [-0.05, 0) is 0 Å². The Hall–Kier alpha value is -3.26. The molecule has 99 valence electrons. The Morgan fingerprint density at radius 2 is 0.857 bits per heavy atom. The SMILES string of the molecule is O=C=N[B]n1c(=O)n([B]N=C=O)c(=O)n([B]N=C=O)c1=O. The van der Waals surface area contributed by atoms with Crippen LogP contribution in [0.4, 0.5) is 0 Å². The van der Waals surface area contributed by atoms with Crippen molar-refractivity contribution < 1.29 is 14.4 Å². The van der Waals surface area contributed by atoms with Gasteiger partial charge in [0.2, 0.25) is 18.2 Å². The Labute approximate surface area is 116 Å². The highest BCUT2D eigenvalue weighted by atomic mass is 16.2. The van der Waals surface area contributed by atoms with Crippen LogP contribution in [0.15, 0.2) is 29.1 Å². The molecule has 0 aliphatic rings. The second-order valence-corrected chi connectivity index (χ2v) is 2.97. The highest BCUT2D eigenvalue weighted by molar-refractivity contribution is 6.35. The van der Waals surface area contributed by atoms with Crippen molar-refractivity contribution in [1.82, 2.24) is 13.4 Å². The third-order valence-electron chi connectivity index (χ3n) is 1.91. The number of hydrogen-bond donors (Lipinski definition) is 0. The molecule has 0 aromatic carbocycles. The van der Waals surface area contributed by atoms with E-state index in [1.165, 1.54) is 0 Å². The summed E-state index contributed by atoms with van der Waals surface area (Å²) in [5, 5.41) is 0. The summed E-state index contributed by atoms with van der Waals surface area (Å²) in [6, 6.07) is 0. The van der Waals surface area contributed by atoms with E-state index in [1.54, 1.807) is 0 Å². The van der Waals surface area contributed by atoms with Gasteiger partial charge in [0.05, 0.1) is 0 Å². The molecule has 1 rings (SSSR count). The van der Waals surface area contributed by atoms with Gasteiger partial charge >= 0.3 is 39.7 Å². The van der Waals surface area contributed by atoms with E-state index >= 15 is 0 Å². The molecule has 0 bridgehead atoms. The molecule has 0 atom stereocenters. The summed E-state index contributed by atoms with van der Waals surface area (Å²) < 4.78 is 0.667. The maximum Gasteiger partial charge on any atom is 0.439 e. The van der Waals surface area contributed by atoms with Crippen molar-refractivity contribution in [3.8, 4) is 0 Å². The van der Waals surface area contributed by atoms with Gasteiger partial charge in [-0.1, -0.05) is 0 Å². The molecular formula is C6B3N6O6. The maximum absolute atomic E-state index is 11.8. The Kier molecular flexibility index (Phi) is 5.54. The topological polar surface area (TPSA) is 154 Å². The molecule has 0 N–H and O–H groups in total. The summed E-state index contributed by atoms with van der Waals surface area (Å²) in [5.41, 5.74) is -3.83. The third-order valence-corrected chi connectivity index (χ3v) is 1.91. The Bertz CT molecular complexity index is 720. The minimum Gasteiger partial charge on any atom is -0.271 e. The summed E-state index contributed by atoms with van der Waals surface area (Å²) in [6.07, 6.45) is 3.13. The molecule has 3 radical (unpaired) electrons. The van der Waals surface area contributed by atoms with Gasteiger partial charge in [0.1, 0.15) is 0 Å². The molecule has 0 saturated heterocycles.